The second-order valence-corrected chi connectivity index (χ2v) is 2.68. The lowest BCUT2D eigenvalue weighted by Gasteiger charge is -2.13. The first kappa shape index (κ1) is 7.24. The van der Waals surface area contributed by atoms with E-state index in [4.69, 9.17) is 0 Å². The number of carbonyl (C=O) groups is 2. The molecule has 0 bridgehead atoms. The Bertz CT molecular complexity index is 313. The first-order valence-electron chi connectivity index (χ1n) is 3.52. The van der Waals surface area contributed by atoms with Crippen LogP contribution in [0.5, 0.6) is 0 Å². The highest BCUT2D eigenvalue weighted by atomic mass is 16.6. The molecule has 1 saturated heterocycles. The van der Waals surface area contributed by atoms with Crippen molar-refractivity contribution < 1.29 is 19.4 Å². The van der Waals surface area contributed by atoms with Crippen LogP contribution in [-0.2, 0) is 14.3 Å². The molecule has 0 saturated carbocycles. The van der Waals surface area contributed by atoms with Crippen molar-refractivity contribution in [2.75, 3.05) is 0 Å². The smallest absolute Gasteiger partial charge is 0.342 e. The summed E-state index contributed by atoms with van der Waals surface area (Å²) in [5.74, 6) is -2.11. The minimum Gasteiger partial charge on any atom is -0.389 e. The minimum atomic E-state index is -0.927. The van der Waals surface area contributed by atoms with E-state index in [0.717, 1.165) is 0 Å². The quantitative estimate of drug-likeness (QED) is 0.391. The van der Waals surface area contributed by atoms with Gasteiger partial charge in [0.15, 0.2) is 0 Å². The highest BCUT2D eigenvalue weighted by molar-refractivity contribution is 6.08. The predicted octanol–water partition coefficient (Wildman–Crippen LogP) is -0.457. The van der Waals surface area contributed by atoms with E-state index < -0.39 is 24.0 Å². The van der Waals surface area contributed by atoms with Crippen molar-refractivity contribution in [2.45, 2.75) is 6.10 Å². The zero-order chi connectivity index (χ0) is 8.72. The molecule has 1 aliphatic carbocycles. The summed E-state index contributed by atoms with van der Waals surface area (Å²) >= 11 is 0. The zero-order valence-electron chi connectivity index (χ0n) is 6.06. The van der Waals surface area contributed by atoms with Gasteiger partial charge in [0.05, 0.1) is 11.7 Å². The summed E-state index contributed by atoms with van der Waals surface area (Å²) in [6.45, 7) is 0. The molecule has 2 rings (SSSR count). The molecule has 0 radical (unpaired) electrons. The van der Waals surface area contributed by atoms with Crippen LogP contribution < -0.4 is 0 Å². The Morgan fingerprint density at radius 1 is 1.42 bits per heavy atom. The van der Waals surface area contributed by atoms with E-state index in [2.05, 4.69) is 4.74 Å². The number of esters is 2. The summed E-state index contributed by atoms with van der Waals surface area (Å²) in [5.41, 5.74) is 0.245. The highest BCUT2D eigenvalue weighted by Crippen LogP contribution is 2.29. The number of allylic oxidation sites excluding steroid dienone is 2. The number of cyclic esters (lactones) is 2. The maximum Gasteiger partial charge on any atom is 0.342 e. The summed E-state index contributed by atoms with van der Waals surface area (Å²) in [5, 5.41) is 9.29. The number of aliphatic hydroxyl groups excluding tert-OH is 1. The van der Waals surface area contributed by atoms with E-state index in [-0.39, 0.29) is 5.57 Å². The van der Waals surface area contributed by atoms with E-state index in [1.807, 2.05) is 0 Å². The van der Waals surface area contributed by atoms with Gasteiger partial charge in [-0.2, -0.15) is 0 Å². The van der Waals surface area contributed by atoms with Crippen LogP contribution in [0.4, 0.5) is 0 Å². The fraction of sp³-hybridized carbons (Fsp3) is 0.250. The average Bonchev–Trinajstić information content (AvgIpc) is 2.29. The number of rotatable bonds is 0. The molecule has 0 aromatic carbocycles. The first-order valence-corrected chi connectivity index (χ1v) is 3.52. The van der Waals surface area contributed by atoms with Gasteiger partial charge < -0.3 is 9.84 Å². The van der Waals surface area contributed by atoms with Crippen LogP contribution in [0.25, 0.3) is 0 Å². The standard InChI is InChI=1S/C8H6O4/c9-5-3-1-2-4-6(5)8(11)12-7(4)10/h1-3,5-6,9H. The molecule has 1 N–H and O–H groups in total. The second kappa shape index (κ2) is 2.28. The van der Waals surface area contributed by atoms with Crippen molar-refractivity contribution in [3.05, 3.63) is 23.8 Å². The Hall–Kier alpha value is -1.42. The molecule has 62 valence electrons. The third kappa shape index (κ3) is 0.816. The van der Waals surface area contributed by atoms with E-state index in [9.17, 15) is 14.7 Å². The van der Waals surface area contributed by atoms with Gasteiger partial charge in [0, 0.05) is 0 Å². The van der Waals surface area contributed by atoms with Gasteiger partial charge in [0.2, 0.25) is 0 Å². The Labute approximate surface area is 68.1 Å². The number of carbonyl (C=O) groups excluding carboxylic acids is 2. The van der Waals surface area contributed by atoms with Crippen LogP contribution in [0.15, 0.2) is 23.8 Å². The first-order chi connectivity index (χ1) is 5.70. The van der Waals surface area contributed by atoms with Crippen LogP contribution in [0.2, 0.25) is 0 Å². The maximum absolute atomic E-state index is 11.0. The molecule has 1 aliphatic heterocycles. The Kier molecular flexibility index (Phi) is 1.38. The van der Waals surface area contributed by atoms with Crippen molar-refractivity contribution in [2.24, 2.45) is 5.92 Å². The second-order valence-electron chi connectivity index (χ2n) is 2.68. The summed E-state index contributed by atoms with van der Waals surface area (Å²) < 4.78 is 4.33. The third-order valence-electron chi connectivity index (χ3n) is 1.94. The van der Waals surface area contributed by atoms with Crippen LogP contribution in [0, 0.1) is 5.92 Å². The molecule has 0 aromatic rings. The van der Waals surface area contributed by atoms with E-state index >= 15 is 0 Å². The fourth-order valence-corrected chi connectivity index (χ4v) is 1.35. The van der Waals surface area contributed by atoms with Gasteiger partial charge in [0.1, 0.15) is 5.92 Å². The third-order valence-corrected chi connectivity index (χ3v) is 1.94. The SMILES string of the molecule is O=C1OC(=O)C2C1=CC=CC2O. The molecule has 2 aliphatic rings. The minimum absolute atomic E-state index is 0.245. The largest absolute Gasteiger partial charge is 0.389 e. The summed E-state index contributed by atoms with van der Waals surface area (Å²) in [4.78, 5) is 21.9. The van der Waals surface area contributed by atoms with Gasteiger partial charge in [-0.15, -0.1) is 0 Å². The lowest BCUT2D eigenvalue weighted by Crippen LogP contribution is -2.25. The van der Waals surface area contributed by atoms with Crippen molar-refractivity contribution in [3.63, 3.8) is 0 Å². The van der Waals surface area contributed by atoms with Gasteiger partial charge in [-0.25, -0.2) is 4.79 Å². The van der Waals surface area contributed by atoms with Crippen LogP contribution in [0.1, 0.15) is 0 Å². The molecule has 1 heterocycles. The lowest BCUT2D eigenvalue weighted by atomic mass is 9.91. The number of fused-ring (bicyclic) bond motifs is 1. The Balaban J connectivity index is 2.44. The molecule has 4 nitrogen and oxygen atoms in total. The van der Waals surface area contributed by atoms with Gasteiger partial charge >= 0.3 is 11.9 Å². The summed E-state index contributed by atoms with van der Waals surface area (Å²) in [6.07, 6.45) is 3.55. The fourth-order valence-electron chi connectivity index (χ4n) is 1.35. The summed E-state index contributed by atoms with van der Waals surface area (Å²) in [6, 6.07) is 0. The maximum atomic E-state index is 11.0. The van der Waals surface area contributed by atoms with E-state index in [0.29, 0.717) is 0 Å². The lowest BCUT2D eigenvalue weighted by molar-refractivity contribution is -0.153. The molecule has 2 atom stereocenters. The molecule has 4 heteroatoms. The van der Waals surface area contributed by atoms with Crippen LogP contribution in [0.3, 0.4) is 0 Å². The van der Waals surface area contributed by atoms with Crippen LogP contribution >= 0.6 is 0 Å². The van der Waals surface area contributed by atoms with Crippen LogP contribution in [-0.4, -0.2) is 23.1 Å². The number of hydrogen-bond acceptors (Lipinski definition) is 4. The van der Waals surface area contributed by atoms with Crippen molar-refractivity contribution >= 4 is 11.9 Å². The van der Waals surface area contributed by atoms with Gasteiger partial charge in [-0.05, 0) is 0 Å². The normalized spacial score (nSPS) is 32.9. The van der Waals surface area contributed by atoms with Crippen molar-refractivity contribution in [1.29, 1.82) is 0 Å². The molecular formula is C8H6O4. The van der Waals surface area contributed by atoms with Gasteiger partial charge in [-0.1, -0.05) is 18.2 Å². The topological polar surface area (TPSA) is 63.6 Å². The zero-order valence-corrected chi connectivity index (χ0v) is 6.06. The number of ether oxygens (including phenoxy) is 1. The van der Waals surface area contributed by atoms with E-state index in [1.165, 1.54) is 18.2 Å². The molecule has 2 unspecified atom stereocenters. The van der Waals surface area contributed by atoms with Gasteiger partial charge in [0.25, 0.3) is 0 Å². The monoisotopic (exact) mass is 166 g/mol. The predicted molar refractivity (Wildman–Crippen MR) is 37.8 cm³/mol. The molecule has 0 amide bonds. The highest BCUT2D eigenvalue weighted by Gasteiger charge is 2.43. The molecule has 0 spiro atoms. The Morgan fingerprint density at radius 2 is 2.17 bits per heavy atom. The molecule has 1 fully saturated rings. The number of hydrogen-bond donors (Lipinski definition) is 1. The molecule has 0 aromatic heterocycles. The van der Waals surface area contributed by atoms with Crippen molar-refractivity contribution in [3.8, 4) is 0 Å². The number of aliphatic hydroxyl groups is 1. The average molecular weight is 166 g/mol. The van der Waals surface area contributed by atoms with Gasteiger partial charge in [-0.3, -0.25) is 4.79 Å². The summed E-state index contributed by atoms with van der Waals surface area (Å²) in [7, 11) is 0. The molecule has 12 heavy (non-hydrogen) atoms. The molecular weight excluding hydrogens is 160 g/mol. The van der Waals surface area contributed by atoms with E-state index in [1.54, 1.807) is 0 Å². The van der Waals surface area contributed by atoms with Crippen molar-refractivity contribution in [1.82, 2.24) is 0 Å². The Morgan fingerprint density at radius 3 is 2.83 bits per heavy atom.